The fourth-order valence-corrected chi connectivity index (χ4v) is 3.95. The second-order valence-electron chi connectivity index (χ2n) is 7.54. The van der Waals surface area contributed by atoms with Crippen molar-refractivity contribution in [1.29, 1.82) is 0 Å². The van der Waals surface area contributed by atoms with Crippen LogP contribution in [0.15, 0.2) is 65.1 Å². The van der Waals surface area contributed by atoms with E-state index >= 15 is 0 Å². The summed E-state index contributed by atoms with van der Waals surface area (Å²) in [6, 6.07) is 18.7. The second kappa shape index (κ2) is 8.32. The number of nitrogens with one attached hydrogen (secondary N) is 1. The molecule has 1 saturated heterocycles. The number of amides is 1. The number of carbonyl (C=O) groups excluding carboxylic acids is 1. The van der Waals surface area contributed by atoms with Crippen LogP contribution < -0.4 is 14.8 Å². The molecule has 1 unspecified atom stereocenters. The van der Waals surface area contributed by atoms with E-state index in [4.69, 9.17) is 18.6 Å². The largest absolute Gasteiger partial charge is 0.495 e. The van der Waals surface area contributed by atoms with Gasteiger partial charge in [0.2, 0.25) is 0 Å². The van der Waals surface area contributed by atoms with Gasteiger partial charge in [0.05, 0.1) is 24.5 Å². The van der Waals surface area contributed by atoms with Gasteiger partial charge in [0, 0.05) is 23.4 Å². The predicted octanol–water partition coefficient (Wildman–Crippen LogP) is 5.40. The molecule has 158 valence electrons. The zero-order valence-corrected chi connectivity index (χ0v) is 17.2. The van der Waals surface area contributed by atoms with Gasteiger partial charge in [-0.1, -0.05) is 30.3 Å². The first-order chi connectivity index (χ1) is 15.2. The van der Waals surface area contributed by atoms with Crippen LogP contribution in [0, 0.1) is 0 Å². The molecular formula is C25H23NO5. The number of methoxy groups -OCH3 is 1. The topological polar surface area (TPSA) is 69.9 Å². The number of fused-ring (bicyclic) bond motifs is 3. The van der Waals surface area contributed by atoms with Crippen LogP contribution in [-0.2, 0) is 4.74 Å². The Labute approximate surface area is 179 Å². The minimum absolute atomic E-state index is 0.0757. The van der Waals surface area contributed by atoms with Crippen molar-refractivity contribution in [3.8, 4) is 11.5 Å². The van der Waals surface area contributed by atoms with E-state index in [0.717, 1.165) is 35.8 Å². The Balaban J connectivity index is 1.43. The summed E-state index contributed by atoms with van der Waals surface area (Å²) < 4.78 is 23.0. The van der Waals surface area contributed by atoms with Crippen LogP contribution in [0.25, 0.3) is 21.9 Å². The fourth-order valence-electron chi connectivity index (χ4n) is 3.95. The summed E-state index contributed by atoms with van der Waals surface area (Å²) in [7, 11) is 1.58. The number of para-hydroxylation sites is 2. The van der Waals surface area contributed by atoms with Gasteiger partial charge in [-0.15, -0.1) is 0 Å². The zero-order chi connectivity index (χ0) is 21.2. The Kier molecular flexibility index (Phi) is 5.22. The number of carbonyl (C=O) groups is 1. The Morgan fingerprint density at radius 2 is 1.87 bits per heavy atom. The number of benzene rings is 3. The Morgan fingerprint density at radius 1 is 1.03 bits per heavy atom. The van der Waals surface area contributed by atoms with Gasteiger partial charge in [0.25, 0.3) is 5.91 Å². The molecule has 0 saturated carbocycles. The van der Waals surface area contributed by atoms with E-state index in [1.165, 1.54) is 0 Å². The molecule has 6 heteroatoms. The molecule has 6 nitrogen and oxygen atoms in total. The summed E-state index contributed by atoms with van der Waals surface area (Å²) in [5.41, 5.74) is 2.45. The Hall–Kier alpha value is -3.51. The normalized spacial score (nSPS) is 16.0. The van der Waals surface area contributed by atoms with Crippen LogP contribution in [0.1, 0.15) is 23.2 Å². The molecule has 1 amide bonds. The lowest BCUT2D eigenvalue weighted by Gasteiger charge is -2.15. The van der Waals surface area contributed by atoms with Gasteiger partial charge >= 0.3 is 0 Å². The van der Waals surface area contributed by atoms with Crippen LogP contribution in [0.5, 0.6) is 11.5 Å². The molecule has 5 rings (SSSR count). The predicted molar refractivity (Wildman–Crippen MR) is 119 cm³/mol. The van der Waals surface area contributed by atoms with Crippen molar-refractivity contribution in [1.82, 2.24) is 0 Å². The lowest BCUT2D eigenvalue weighted by Crippen LogP contribution is -2.19. The molecule has 0 radical (unpaired) electrons. The van der Waals surface area contributed by atoms with E-state index < -0.39 is 0 Å². The highest BCUT2D eigenvalue weighted by Gasteiger charge is 2.20. The number of rotatable bonds is 6. The highest BCUT2D eigenvalue weighted by molar-refractivity contribution is 6.10. The molecule has 1 N–H and O–H groups in total. The molecule has 31 heavy (non-hydrogen) atoms. The minimum Gasteiger partial charge on any atom is -0.495 e. The fraction of sp³-hybridized carbons (Fsp3) is 0.240. The van der Waals surface area contributed by atoms with Gasteiger partial charge in [-0.2, -0.15) is 0 Å². The van der Waals surface area contributed by atoms with Crippen LogP contribution in [0.4, 0.5) is 5.69 Å². The third-order valence-electron chi connectivity index (χ3n) is 5.53. The van der Waals surface area contributed by atoms with E-state index in [2.05, 4.69) is 5.32 Å². The van der Waals surface area contributed by atoms with Gasteiger partial charge in [-0.05, 0) is 37.1 Å². The van der Waals surface area contributed by atoms with Crippen molar-refractivity contribution < 1.29 is 23.4 Å². The van der Waals surface area contributed by atoms with Crippen molar-refractivity contribution in [2.45, 2.75) is 18.9 Å². The molecule has 1 atom stereocenters. The van der Waals surface area contributed by atoms with Crippen LogP contribution in [0.2, 0.25) is 0 Å². The average molecular weight is 417 g/mol. The number of ether oxygens (including phenoxy) is 3. The average Bonchev–Trinajstić information content (AvgIpc) is 3.44. The van der Waals surface area contributed by atoms with Gasteiger partial charge < -0.3 is 23.9 Å². The zero-order valence-electron chi connectivity index (χ0n) is 17.2. The van der Waals surface area contributed by atoms with Crippen LogP contribution in [-0.4, -0.2) is 32.3 Å². The highest BCUT2D eigenvalue weighted by atomic mass is 16.5. The summed E-state index contributed by atoms with van der Waals surface area (Å²) in [4.78, 5) is 13.1. The van der Waals surface area contributed by atoms with Crippen molar-refractivity contribution in [3.05, 3.63) is 66.2 Å². The molecule has 1 aliphatic rings. The van der Waals surface area contributed by atoms with Crippen molar-refractivity contribution in [2.75, 3.05) is 25.6 Å². The van der Waals surface area contributed by atoms with Crippen LogP contribution in [0.3, 0.4) is 0 Å². The van der Waals surface area contributed by atoms with Gasteiger partial charge in [0.15, 0.2) is 0 Å². The SMILES string of the molecule is COc1cc2c(cc1NC(=O)c1ccccc1OCC1CCCO1)oc1ccccc12. The standard InChI is InChI=1S/C25H23NO5/c1-28-24-13-19-17-8-2-5-11-22(17)31-23(19)14-20(24)26-25(27)18-9-3-4-10-21(18)30-15-16-7-6-12-29-16/h2-5,8-11,13-14,16H,6-7,12,15H2,1H3,(H,26,27). The number of furan rings is 1. The molecule has 1 aliphatic heterocycles. The van der Waals surface area contributed by atoms with Gasteiger partial charge in [0.1, 0.15) is 29.3 Å². The highest BCUT2D eigenvalue weighted by Crippen LogP contribution is 2.36. The summed E-state index contributed by atoms with van der Waals surface area (Å²) in [6.45, 7) is 1.19. The number of anilines is 1. The summed E-state index contributed by atoms with van der Waals surface area (Å²) >= 11 is 0. The summed E-state index contributed by atoms with van der Waals surface area (Å²) in [5.74, 6) is 0.807. The van der Waals surface area contributed by atoms with Crippen molar-refractivity contribution in [3.63, 3.8) is 0 Å². The molecule has 2 heterocycles. The molecule has 3 aromatic carbocycles. The third kappa shape index (κ3) is 3.82. The molecular weight excluding hydrogens is 394 g/mol. The Morgan fingerprint density at radius 3 is 2.71 bits per heavy atom. The monoisotopic (exact) mass is 417 g/mol. The first-order valence-corrected chi connectivity index (χ1v) is 10.4. The summed E-state index contributed by atoms with van der Waals surface area (Å²) in [5, 5.41) is 4.88. The van der Waals surface area contributed by atoms with E-state index in [9.17, 15) is 4.79 Å². The first-order valence-electron chi connectivity index (χ1n) is 10.4. The minimum atomic E-state index is -0.281. The lowest BCUT2D eigenvalue weighted by atomic mass is 10.1. The number of hydrogen-bond acceptors (Lipinski definition) is 5. The van der Waals surface area contributed by atoms with Crippen molar-refractivity contribution in [2.24, 2.45) is 0 Å². The molecule has 0 bridgehead atoms. The van der Waals surface area contributed by atoms with E-state index in [1.807, 2.05) is 42.5 Å². The van der Waals surface area contributed by atoms with Gasteiger partial charge in [-0.3, -0.25) is 4.79 Å². The van der Waals surface area contributed by atoms with Crippen LogP contribution >= 0.6 is 0 Å². The van der Waals surface area contributed by atoms with Gasteiger partial charge in [-0.25, -0.2) is 0 Å². The molecule has 1 fully saturated rings. The van der Waals surface area contributed by atoms with E-state index in [1.54, 1.807) is 25.3 Å². The Bertz CT molecular complexity index is 1240. The lowest BCUT2D eigenvalue weighted by molar-refractivity contribution is 0.0673. The van der Waals surface area contributed by atoms with E-state index in [-0.39, 0.29) is 12.0 Å². The molecule has 4 aromatic rings. The maximum absolute atomic E-state index is 13.1. The quantitative estimate of drug-likeness (QED) is 0.455. The molecule has 0 aliphatic carbocycles. The molecule has 0 spiro atoms. The van der Waals surface area contributed by atoms with Crippen molar-refractivity contribution >= 4 is 33.5 Å². The molecule has 1 aromatic heterocycles. The third-order valence-corrected chi connectivity index (χ3v) is 5.53. The first kappa shape index (κ1) is 19.5. The second-order valence-corrected chi connectivity index (χ2v) is 7.54. The summed E-state index contributed by atoms with van der Waals surface area (Å²) in [6.07, 6.45) is 2.09. The number of hydrogen-bond donors (Lipinski definition) is 1. The smallest absolute Gasteiger partial charge is 0.259 e. The van der Waals surface area contributed by atoms with E-state index in [0.29, 0.717) is 34.9 Å². The maximum atomic E-state index is 13.1. The maximum Gasteiger partial charge on any atom is 0.259 e.